The van der Waals surface area contributed by atoms with Crippen LogP contribution in [0.5, 0.6) is 11.5 Å². The van der Waals surface area contributed by atoms with Crippen LogP contribution in [0.25, 0.3) is 0 Å². The lowest BCUT2D eigenvalue weighted by Crippen LogP contribution is -2.17. The molecule has 1 N–H and O–H groups in total. The Morgan fingerprint density at radius 3 is 2.47 bits per heavy atom. The van der Waals surface area contributed by atoms with E-state index in [9.17, 15) is 4.79 Å². The Bertz CT molecular complexity index is 1050. The third-order valence-corrected chi connectivity index (χ3v) is 5.05. The van der Waals surface area contributed by atoms with Crippen LogP contribution in [-0.4, -0.2) is 18.7 Å². The molecule has 3 rings (SSSR count). The minimum atomic E-state index is -0.163. The summed E-state index contributed by atoms with van der Waals surface area (Å²) in [4.78, 5) is 12.0. The zero-order chi connectivity index (χ0) is 22.8. The van der Waals surface area contributed by atoms with E-state index in [0.717, 1.165) is 11.1 Å². The normalized spacial score (nSPS) is 10.8. The summed E-state index contributed by atoms with van der Waals surface area (Å²) >= 11 is 12.4. The number of carbonyl (C=O) groups is 1. The van der Waals surface area contributed by atoms with E-state index in [4.69, 9.17) is 32.7 Å². The van der Waals surface area contributed by atoms with E-state index in [2.05, 4.69) is 10.5 Å². The molecule has 0 atom stereocenters. The Morgan fingerprint density at radius 2 is 1.75 bits per heavy atom. The highest BCUT2D eigenvalue weighted by Crippen LogP contribution is 2.37. The Balaban J connectivity index is 1.61. The van der Waals surface area contributed by atoms with Gasteiger partial charge in [-0.1, -0.05) is 65.7 Å². The summed E-state index contributed by atoms with van der Waals surface area (Å²) in [7, 11) is 0. The van der Waals surface area contributed by atoms with Gasteiger partial charge in [0.2, 0.25) is 5.91 Å². The number of nitrogens with one attached hydrogen (secondary N) is 1. The Kier molecular flexibility index (Phi) is 8.96. The number of hydrogen-bond donors (Lipinski definition) is 1. The average Bonchev–Trinajstić information content (AvgIpc) is 2.79. The first kappa shape index (κ1) is 23.6. The fourth-order valence-corrected chi connectivity index (χ4v) is 3.34. The highest BCUT2D eigenvalue weighted by molar-refractivity contribution is 6.32. The van der Waals surface area contributed by atoms with Gasteiger partial charge in [0, 0.05) is 11.4 Å². The molecular formula is C25H24Cl2N2O3. The minimum Gasteiger partial charge on any atom is -0.490 e. The standard InChI is InChI=1S/C25H24Cl2N2O3/c1-2-31-23-15-20(16-28-29-24(30)13-10-18-6-4-3-5-7-18)14-22(27)25(23)32-17-19-8-11-21(26)12-9-19/h3-9,11-12,14-16H,2,10,13,17H2,1H3,(H,29,30)/b28-16+. The first-order valence-electron chi connectivity index (χ1n) is 10.2. The minimum absolute atomic E-state index is 0.163. The van der Waals surface area contributed by atoms with Crippen molar-refractivity contribution < 1.29 is 14.3 Å². The molecule has 0 aliphatic rings. The lowest BCUT2D eigenvalue weighted by atomic mass is 10.1. The van der Waals surface area contributed by atoms with Crippen LogP contribution in [0.1, 0.15) is 30.0 Å². The molecule has 0 spiro atoms. The maximum Gasteiger partial charge on any atom is 0.240 e. The second kappa shape index (κ2) is 12.1. The third kappa shape index (κ3) is 7.29. The first-order valence-corrected chi connectivity index (χ1v) is 11.0. The summed E-state index contributed by atoms with van der Waals surface area (Å²) in [5.74, 6) is 0.794. The molecule has 0 fully saturated rings. The molecule has 0 aliphatic carbocycles. The van der Waals surface area contributed by atoms with E-state index in [1.165, 1.54) is 6.21 Å². The van der Waals surface area contributed by atoms with Crippen LogP contribution in [-0.2, 0) is 17.8 Å². The monoisotopic (exact) mass is 470 g/mol. The quantitative estimate of drug-likeness (QED) is 0.289. The molecule has 0 unspecified atom stereocenters. The van der Waals surface area contributed by atoms with Gasteiger partial charge in [-0.3, -0.25) is 4.79 Å². The summed E-state index contributed by atoms with van der Waals surface area (Å²) in [5, 5.41) is 5.09. The van der Waals surface area contributed by atoms with Crippen LogP contribution in [0.15, 0.2) is 71.8 Å². The summed E-state index contributed by atoms with van der Waals surface area (Å²) < 4.78 is 11.6. The number of halogens is 2. The average molecular weight is 471 g/mol. The smallest absolute Gasteiger partial charge is 0.240 e. The van der Waals surface area contributed by atoms with E-state index >= 15 is 0 Å². The molecule has 3 aromatic rings. The number of carbonyl (C=O) groups excluding carboxylic acids is 1. The molecular weight excluding hydrogens is 447 g/mol. The van der Waals surface area contributed by atoms with Gasteiger partial charge in [-0.2, -0.15) is 5.10 Å². The molecule has 5 nitrogen and oxygen atoms in total. The maximum atomic E-state index is 12.0. The van der Waals surface area contributed by atoms with Crippen LogP contribution in [0, 0.1) is 0 Å². The fourth-order valence-electron chi connectivity index (χ4n) is 2.94. The number of aryl methyl sites for hydroxylation is 1. The lowest BCUT2D eigenvalue weighted by molar-refractivity contribution is -0.121. The fraction of sp³-hybridized carbons (Fsp3) is 0.200. The van der Waals surface area contributed by atoms with E-state index < -0.39 is 0 Å². The van der Waals surface area contributed by atoms with Crippen LogP contribution >= 0.6 is 23.2 Å². The SMILES string of the molecule is CCOc1cc(/C=N/NC(=O)CCc2ccccc2)cc(Cl)c1OCc1ccc(Cl)cc1. The second-order valence-electron chi connectivity index (χ2n) is 6.96. The molecule has 1 amide bonds. The van der Waals surface area contributed by atoms with Crippen molar-refractivity contribution in [2.75, 3.05) is 6.61 Å². The van der Waals surface area contributed by atoms with Gasteiger partial charge in [-0.15, -0.1) is 0 Å². The number of benzene rings is 3. The Labute approximate surface area is 198 Å². The van der Waals surface area contributed by atoms with E-state index in [-0.39, 0.29) is 5.91 Å². The van der Waals surface area contributed by atoms with Crippen LogP contribution in [0.3, 0.4) is 0 Å². The molecule has 7 heteroatoms. The topological polar surface area (TPSA) is 59.9 Å². The molecule has 166 valence electrons. The zero-order valence-electron chi connectivity index (χ0n) is 17.7. The van der Waals surface area contributed by atoms with E-state index in [1.54, 1.807) is 24.3 Å². The third-order valence-electron chi connectivity index (χ3n) is 4.51. The van der Waals surface area contributed by atoms with Crippen molar-refractivity contribution in [2.24, 2.45) is 5.10 Å². The van der Waals surface area contributed by atoms with Gasteiger partial charge in [0.1, 0.15) is 6.61 Å². The molecule has 0 heterocycles. The Morgan fingerprint density at radius 1 is 1.00 bits per heavy atom. The Hall–Kier alpha value is -3.02. The number of rotatable bonds is 10. The van der Waals surface area contributed by atoms with Gasteiger partial charge in [0.05, 0.1) is 17.8 Å². The van der Waals surface area contributed by atoms with Gasteiger partial charge >= 0.3 is 0 Å². The predicted molar refractivity (Wildman–Crippen MR) is 129 cm³/mol. The van der Waals surface area contributed by atoms with Crippen molar-refractivity contribution in [1.82, 2.24) is 5.43 Å². The molecule has 0 aliphatic heterocycles. The number of hydrazone groups is 1. The summed E-state index contributed by atoms with van der Waals surface area (Å²) in [5.41, 5.74) is 5.28. The summed E-state index contributed by atoms with van der Waals surface area (Å²) in [6.45, 7) is 2.65. The lowest BCUT2D eigenvalue weighted by Gasteiger charge is -2.14. The number of hydrogen-bond acceptors (Lipinski definition) is 4. The van der Waals surface area contributed by atoms with E-state index in [0.29, 0.717) is 53.2 Å². The largest absolute Gasteiger partial charge is 0.490 e. The second-order valence-corrected chi connectivity index (χ2v) is 7.80. The maximum absolute atomic E-state index is 12.0. The predicted octanol–water partition coefficient (Wildman–Crippen LogP) is 6.05. The van der Waals surface area contributed by atoms with Crippen molar-refractivity contribution in [3.05, 3.63) is 93.5 Å². The van der Waals surface area contributed by atoms with Crippen LogP contribution in [0.2, 0.25) is 10.0 Å². The molecule has 0 saturated carbocycles. The molecule has 3 aromatic carbocycles. The molecule has 32 heavy (non-hydrogen) atoms. The highest BCUT2D eigenvalue weighted by Gasteiger charge is 2.13. The number of nitrogens with zero attached hydrogens (tertiary/aromatic N) is 1. The van der Waals surface area contributed by atoms with Gasteiger partial charge < -0.3 is 9.47 Å². The van der Waals surface area contributed by atoms with Gasteiger partial charge in [0.15, 0.2) is 11.5 Å². The molecule has 0 aromatic heterocycles. The zero-order valence-corrected chi connectivity index (χ0v) is 19.2. The summed E-state index contributed by atoms with van der Waals surface area (Å²) in [6, 6.07) is 20.7. The van der Waals surface area contributed by atoms with Gasteiger partial charge in [-0.05, 0) is 54.3 Å². The number of ether oxygens (including phenoxy) is 2. The van der Waals surface area contributed by atoms with Crippen LogP contribution in [0.4, 0.5) is 0 Å². The molecule has 0 bridgehead atoms. The highest BCUT2D eigenvalue weighted by atomic mass is 35.5. The van der Waals surface area contributed by atoms with E-state index in [1.807, 2.05) is 49.4 Å². The van der Waals surface area contributed by atoms with Crippen molar-refractivity contribution in [2.45, 2.75) is 26.4 Å². The molecule has 0 saturated heterocycles. The van der Waals surface area contributed by atoms with Crippen molar-refractivity contribution in [3.63, 3.8) is 0 Å². The first-order chi connectivity index (χ1) is 15.5. The van der Waals surface area contributed by atoms with Gasteiger partial charge in [-0.25, -0.2) is 5.43 Å². The van der Waals surface area contributed by atoms with Crippen molar-refractivity contribution in [1.29, 1.82) is 0 Å². The summed E-state index contributed by atoms with van der Waals surface area (Å²) in [6.07, 6.45) is 2.53. The molecule has 0 radical (unpaired) electrons. The number of amides is 1. The van der Waals surface area contributed by atoms with Gasteiger partial charge in [0.25, 0.3) is 0 Å². The van der Waals surface area contributed by atoms with Crippen LogP contribution < -0.4 is 14.9 Å². The van der Waals surface area contributed by atoms with Crippen molar-refractivity contribution >= 4 is 35.3 Å². The van der Waals surface area contributed by atoms with Crippen molar-refractivity contribution in [3.8, 4) is 11.5 Å².